The van der Waals surface area contributed by atoms with Gasteiger partial charge in [-0.25, -0.2) is 0 Å². The third-order valence-corrected chi connectivity index (χ3v) is 2.18. The quantitative estimate of drug-likeness (QED) is 0.423. The van der Waals surface area contributed by atoms with E-state index < -0.39 is 16.7 Å². The Balaban J connectivity index is 2.86. The molecule has 0 aromatic heterocycles. The normalized spacial score (nSPS) is 12.1. The topological polar surface area (TPSA) is 60.2 Å². The fourth-order valence-electron chi connectivity index (χ4n) is 1.40. The molecule has 0 amide bonds. The highest BCUT2D eigenvalue weighted by atomic mass is 16.6. The maximum Gasteiger partial charge on any atom is 0.274 e. The summed E-state index contributed by atoms with van der Waals surface area (Å²) in [4.78, 5) is 21.9. The average Bonchev–Trinajstić information content (AvgIpc) is 2.26. The number of benzene rings is 1. The summed E-state index contributed by atoms with van der Waals surface area (Å²) in [5.74, 6) is -0.401. The highest BCUT2D eigenvalue weighted by Crippen LogP contribution is 2.10. The lowest BCUT2D eigenvalue weighted by atomic mass is 10.0. The number of rotatable bonds is 5. The Bertz CT molecular complexity index is 348. The van der Waals surface area contributed by atoms with Crippen LogP contribution in [0, 0.1) is 10.1 Å². The molecule has 4 nitrogen and oxygen atoms in total. The van der Waals surface area contributed by atoms with Crippen LogP contribution in [0.15, 0.2) is 30.3 Å². The number of hydrogen-bond donors (Lipinski definition) is 0. The maximum atomic E-state index is 11.7. The summed E-state index contributed by atoms with van der Waals surface area (Å²) in [6.07, 6.45) is 0.922. The van der Waals surface area contributed by atoms with E-state index in [4.69, 9.17) is 0 Å². The van der Waals surface area contributed by atoms with Gasteiger partial charge in [0.15, 0.2) is 0 Å². The number of carbonyl (C=O) groups is 1. The Morgan fingerprint density at radius 1 is 1.40 bits per heavy atom. The molecule has 0 heterocycles. The van der Waals surface area contributed by atoms with Crippen LogP contribution >= 0.6 is 0 Å². The summed E-state index contributed by atoms with van der Waals surface area (Å²) in [6, 6.07) is 7.30. The SMILES string of the molecule is CCCC(C(=O)c1ccccc1)[N+](=O)[O-]. The van der Waals surface area contributed by atoms with Crippen molar-refractivity contribution in [1.29, 1.82) is 0 Å². The van der Waals surface area contributed by atoms with E-state index in [1.165, 1.54) is 0 Å². The van der Waals surface area contributed by atoms with Crippen LogP contribution in [0.25, 0.3) is 0 Å². The molecule has 0 aliphatic heterocycles. The first-order valence-corrected chi connectivity index (χ1v) is 4.89. The van der Waals surface area contributed by atoms with Gasteiger partial charge < -0.3 is 0 Å². The second-order valence-electron chi connectivity index (χ2n) is 3.32. The summed E-state index contributed by atoms with van der Waals surface area (Å²) in [5.41, 5.74) is 0.410. The predicted molar refractivity (Wildman–Crippen MR) is 56.5 cm³/mol. The first-order chi connectivity index (χ1) is 7.16. The van der Waals surface area contributed by atoms with Gasteiger partial charge in [-0.15, -0.1) is 0 Å². The Labute approximate surface area is 88.1 Å². The van der Waals surface area contributed by atoms with E-state index in [-0.39, 0.29) is 0 Å². The Morgan fingerprint density at radius 3 is 2.47 bits per heavy atom. The minimum absolute atomic E-state index is 0.292. The molecule has 0 fully saturated rings. The third-order valence-electron chi connectivity index (χ3n) is 2.18. The molecule has 15 heavy (non-hydrogen) atoms. The van der Waals surface area contributed by atoms with Gasteiger partial charge in [-0.2, -0.15) is 0 Å². The van der Waals surface area contributed by atoms with Gasteiger partial charge in [-0.3, -0.25) is 14.9 Å². The number of nitro groups is 1. The molecule has 1 atom stereocenters. The van der Waals surface area contributed by atoms with E-state index in [0.717, 1.165) is 0 Å². The number of ketones is 1. The van der Waals surface area contributed by atoms with Gasteiger partial charge >= 0.3 is 0 Å². The van der Waals surface area contributed by atoms with Crippen LogP contribution in [0.5, 0.6) is 0 Å². The van der Waals surface area contributed by atoms with Crippen molar-refractivity contribution in [3.8, 4) is 0 Å². The molecule has 0 aliphatic carbocycles. The predicted octanol–water partition coefficient (Wildman–Crippen LogP) is 2.31. The number of Topliss-reactive ketones (excluding diaryl/α,β-unsaturated/α-hetero) is 1. The number of nitrogens with zero attached hydrogens (tertiary/aromatic N) is 1. The van der Waals surface area contributed by atoms with Gasteiger partial charge in [0.05, 0.1) is 0 Å². The standard InChI is InChI=1S/C11H13NO3/c1-2-6-10(12(14)15)11(13)9-7-4-3-5-8-9/h3-5,7-8,10H,2,6H2,1H3. The van der Waals surface area contributed by atoms with Gasteiger partial charge in [0.1, 0.15) is 0 Å². The van der Waals surface area contributed by atoms with E-state index in [0.29, 0.717) is 18.4 Å². The van der Waals surface area contributed by atoms with Crippen LogP contribution in [0.1, 0.15) is 30.1 Å². The van der Waals surface area contributed by atoms with Gasteiger partial charge in [-0.05, 0) is 6.42 Å². The molecule has 1 aromatic rings. The van der Waals surface area contributed by atoms with E-state index in [1.807, 2.05) is 6.92 Å². The Hall–Kier alpha value is -1.71. The highest BCUT2D eigenvalue weighted by molar-refractivity contribution is 5.99. The summed E-state index contributed by atoms with van der Waals surface area (Å²) in [6.45, 7) is 1.83. The van der Waals surface area contributed by atoms with Gasteiger partial charge in [0, 0.05) is 16.9 Å². The number of carbonyl (C=O) groups excluding carboxylic acids is 1. The molecule has 0 saturated carbocycles. The van der Waals surface area contributed by atoms with Gasteiger partial charge in [-0.1, -0.05) is 37.3 Å². The summed E-state index contributed by atoms with van der Waals surface area (Å²) >= 11 is 0. The van der Waals surface area contributed by atoms with Crippen LogP contribution in [0.4, 0.5) is 0 Å². The van der Waals surface area contributed by atoms with E-state index >= 15 is 0 Å². The first kappa shape index (κ1) is 11.4. The van der Waals surface area contributed by atoms with Gasteiger partial charge in [0.2, 0.25) is 5.78 Å². The summed E-state index contributed by atoms with van der Waals surface area (Å²) < 4.78 is 0. The summed E-state index contributed by atoms with van der Waals surface area (Å²) in [7, 11) is 0. The van der Waals surface area contributed by atoms with E-state index in [9.17, 15) is 14.9 Å². The minimum Gasteiger partial charge on any atom is -0.286 e. The zero-order valence-electron chi connectivity index (χ0n) is 8.55. The Kier molecular flexibility index (Phi) is 3.97. The fourth-order valence-corrected chi connectivity index (χ4v) is 1.40. The van der Waals surface area contributed by atoms with Crippen LogP contribution in [0.3, 0.4) is 0 Å². The molecular weight excluding hydrogens is 194 g/mol. The monoisotopic (exact) mass is 207 g/mol. The van der Waals surface area contributed by atoms with Crippen LogP contribution in [-0.4, -0.2) is 16.7 Å². The molecule has 1 unspecified atom stereocenters. The molecule has 4 heteroatoms. The molecule has 0 aliphatic rings. The second-order valence-corrected chi connectivity index (χ2v) is 3.32. The maximum absolute atomic E-state index is 11.7. The molecule has 1 aromatic carbocycles. The minimum atomic E-state index is -1.10. The lowest BCUT2D eigenvalue weighted by molar-refractivity contribution is -0.505. The summed E-state index contributed by atoms with van der Waals surface area (Å²) in [5, 5.41) is 10.7. The third kappa shape index (κ3) is 2.87. The molecule has 0 radical (unpaired) electrons. The number of hydrogen-bond acceptors (Lipinski definition) is 3. The lowest BCUT2D eigenvalue weighted by Crippen LogP contribution is -2.29. The van der Waals surface area contributed by atoms with Crippen molar-refractivity contribution >= 4 is 5.78 Å². The van der Waals surface area contributed by atoms with Crippen LogP contribution in [0.2, 0.25) is 0 Å². The van der Waals surface area contributed by atoms with Crippen LogP contribution < -0.4 is 0 Å². The van der Waals surface area contributed by atoms with Crippen molar-refractivity contribution < 1.29 is 9.72 Å². The Morgan fingerprint density at radius 2 is 2.00 bits per heavy atom. The average molecular weight is 207 g/mol. The molecular formula is C11H13NO3. The zero-order chi connectivity index (χ0) is 11.3. The molecule has 1 rings (SSSR count). The van der Waals surface area contributed by atoms with Gasteiger partial charge in [0.25, 0.3) is 6.04 Å². The van der Waals surface area contributed by atoms with E-state index in [1.54, 1.807) is 30.3 Å². The highest BCUT2D eigenvalue weighted by Gasteiger charge is 2.29. The molecule has 0 N–H and O–H groups in total. The zero-order valence-corrected chi connectivity index (χ0v) is 8.55. The molecule has 0 saturated heterocycles. The molecule has 0 spiro atoms. The van der Waals surface area contributed by atoms with Crippen molar-refractivity contribution in [2.45, 2.75) is 25.8 Å². The van der Waals surface area contributed by atoms with E-state index in [2.05, 4.69) is 0 Å². The van der Waals surface area contributed by atoms with Crippen molar-refractivity contribution in [1.82, 2.24) is 0 Å². The van der Waals surface area contributed by atoms with Crippen molar-refractivity contribution in [3.05, 3.63) is 46.0 Å². The lowest BCUT2D eigenvalue weighted by Gasteiger charge is -2.06. The largest absolute Gasteiger partial charge is 0.286 e. The van der Waals surface area contributed by atoms with Crippen LogP contribution in [-0.2, 0) is 0 Å². The van der Waals surface area contributed by atoms with Crippen molar-refractivity contribution in [3.63, 3.8) is 0 Å². The molecule has 0 bridgehead atoms. The first-order valence-electron chi connectivity index (χ1n) is 4.89. The van der Waals surface area contributed by atoms with Crippen molar-refractivity contribution in [2.24, 2.45) is 0 Å². The fraction of sp³-hybridized carbons (Fsp3) is 0.364. The van der Waals surface area contributed by atoms with Crippen molar-refractivity contribution in [2.75, 3.05) is 0 Å². The smallest absolute Gasteiger partial charge is 0.274 e. The second kappa shape index (κ2) is 5.24. The molecule has 80 valence electrons.